The van der Waals surface area contributed by atoms with Gasteiger partial charge in [-0.2, -0.15) is 0 Å². The fraction of sp³-hybridized carbons (Fsp3) is 0.308. The van der Waals surface area contributed by atoms with Gasteiger partial charge in [0.1, 0.15) is 6.29 Å². The number of rotatable bonds is 7. The number of nitrogens with one attached hydrogen (secondary N) is 2. The number of carbonyl (C=O) groups is 3. The van der Waals surface area contributed by atoms with Crippen molar-refractivity contribution in [3.05, 3.63) is 80.5 Å². The summed E-state index contributed by atoms with van der Waals surface area (Å²) in [5, 5.41) is 21.4. The molecule has 3 N–H and O–H groups in total. The van der Waals surface area contributed by atoms with Crippen molar-refractivity contribution in [2.24, 2.45) is 5.92 Å². The van der Waals surface area contributed by atoms with E-state index in [1.165, 1.54) is 6.07 Å². The van der Waals surface area contributed by atoms with Gasteiger partial charge in [-0.15, -0.1) is 0 Å². The van der Waals surface area contributed by atoms with Gasteiger partial charge in [0, 0.05) is 17.2 Å². The van der Waals surface area contributed by atoms with E-state index >= 15 is 0 Å². The van der Waals surface area contributed by atoms with E-state index in [4.69, 9.17) is 17.0 Å². The Kier molecular flexibility index (Phi) is 6.47. The lowest BCUT2D eigenvalue weighted by Crippen LogP contribution is -2.31. The molecule has 2 aliphatic carbocycles. The maximum absolute atomic E-state index is 13.3. The normalized spacial score (nSPS) is 18.1. The van der Waals surface area contributed by atoms with Crippen LogP contribution in [0.15, 0.2) is 47.7 Å². The first-order valence-electron chi connectivity index (χ1n) is 11.0. The topological polar surface area (TPSA) is 107 Å². The van der Waals surface area contributed by atoms with E-state index in [2.05, 4.69) is 5.32 Å². The van der Waals surface area contributed by atoms with Crippen molar-refractivity contribution < 1.29 is 19.5 Å². The summed E-state index contributed by atoms with van der Waals surface area (Å²) in [6.45, 7) is 1.69. The zero-order valence-corrected chi connectivity index (χ0v) is 19.0. The van der Waals surface area contributed by atoms with Crippen LogP contribution >= 0.6 is 11.6 Å². The molecule has 7 heteroatoms. The van der Waals surface area contributed by atoms with Crippen LogP contribution in [0.2, 0.25) is 5.02 Å². The molecule has 2 aliphatic rings. The second-order valence-corrected chi connectivity index (χ2v) is 9.15. The average Bonchev–Trinajstić information content (AvgIpc) is 3.63. The summed E-state index contributed by atoms with van der Waals surface area (Å²) in [5.41, 5.74) is 4.12. The van der Waals surface area contributed by atoms with E-state index in [1.54, 1.807) is 25.1 Å². The summed E-state index contributed by atoms with van der Waals surface area (Å²) in [6.07, 6.45) is 4.34. The van der Waals surface area contributed by atoms with E-state index in [9.17, 15) is 19.5 Å². The van der Waals surface area contributed by atoms with Crippen molar-refractivity contribution >= 4 is 35.5 Å². The highest BCUT2D eigenvalue weighted by Gasteiger charge is 2.31. The number of aromatic carboxylic acids is 1. The first-order chi connectivity index (χ1) is 15.8. The van der Waals surface area contributed by atoms with E-state index in [1.807, 2.05) is 12.1 Å². The Morgan fingerprint density at radius 3 is 2.58 bits per heavy atom. The van der Waals surface area contributed by atoms with Crippen LogP contribution in [0.25, 0.3) is 0 Å². The van der Waals surface area contributed by atoms with Crippen molar-refractivity contribution in [3.8, 4) is 0 Å². The molecule has 4 rings (SSSR count). The third-order valence-electron chi connectivity index (χ3n) is 6.39. The maximum Gasteiger partial charge on any atom is 0.335 e. The minimum atomic E-state index is -1.02. The van der Waals surface area contributed by atoms with Gasteiger partial charge in [-0.05, 0) is 79.8 Å². The Labute approximate surface area is 197 Å². The summed E-state index contributed by atoms with van der Waals surface area (Å²) in [5.74, 6) is -1.25. The SMILES string of the molecule is Cc1cc(C(=N)C2=C(NC(=O)c3c(Cl)cccc3C3CC3)CC(C=O)CC2)ccc1C(=O)O. The van der Waals surface area contributed by atoms with Crippen LogP contribution in [0.3, 0.4) is 0 Å². The van der Waals surface area contributed by atoms with E-state index in [0.717, 1.165) is 24.7 Å². The molecule has 6 nitrogen and oxygen atoms in total. The molecule has 0 heterocycles. The molecule has 2 aromatic rings. The highest BCUT2D eigenvalue weighted by molar-refractivity contribution is 6.34. The van der Waals surface area contributed by atoms with Crippen molar-refractivity contribution in [1.82, 2.24) is 5.32 Å². The fourth-order valence-electron chi connectivity index (χ4n) is 4.43. The van der Waals surface area contributed by atoms with Crippen molar-refractivity contribution in [2.75, 3.05) is 0 Å². The second kappa shape index (κ2) is 9.32. The molecule has 1 fully saturated rings. The lowest BCUT2D eigenvalue weighted by molar-refractivity contribution is -0.111. The lowest BCUT2D eigenvalue weighted by atomic mass is 9.83. The standard InChI is InChI=1S/C26H25ClN2O4/c1-14-11-17(8-10-18(14)26(32)33)24(28)20-9-5-15(13-30)12-22(20)29-25(31)23-19(16-6-7-16)3-2-4-21(23)27/h2-4,8,10-11,13,15-16,28H,5-7,9,12H2,1H3,(H,29,31)(H,32,33). The van der Waals surface area contributed by atoms with E-state index < -0.39 is 5.97 Å². The quantitative estimate of drug-likeness (QED) is 0.383. The fourth-order valence-corrected chi connectivity index (χ4v) is 4.70. The largest absolute Gasteiger partial charge is 0.478 e. The summed E-state index contributed by atoms with van der Waals surface area (Å²) < 4.78 is 0. The predicted octanol–water partition coefficient (Wildman–Crippen LogP) is 5.27. The molecule has 2 aromatic carbocycles. The van der Waals surface area contributed by atoms with Crippen LogP contribution in [0.4, 0.5) is 0 Å². The Bertz CT molecular complexity index is 1200. The number of benzene rings is 2. The van der Waals surface area contributed by atoms with Gasteiger partial charge in [0.2, 0.25) is 0 Å². The maximum atomic E-state index is 13.3. The van der Waals surface area contributed by atoms with Crippen molar-refractivity contribution in [3.63, 3.8) is 0 Å². The monoisotopic (exact) mass is 464 g/mol. The number of amides is 1. The molecule has 170 valence electrons. The highest BCUT2D eigenvalue weighted by atomic mass is 35.5. The second-order valence-electron chi connectivity index (χ2n) is 8.74. The van der Waals surface area contributed by atoms with Crippen LogP contribution in [0.5, 0.6) is 0 Å². The first kappa shape index (κ1) is 22.9. The van der Waals surface area contributed by atoms with Gasteiger partial charge in [0.15, 0.2) is 0 Å². The minimum absolute atomic E-state index is 0.185. The Morgan fingerprint density at radius 2 is 1.94 bits per heavy atom. The minimum Gasteiger partial charge on any atom is -0.478 e. The van der Waals surface area contributed by atoms with Gasteiger partial charge in [-0.25, -0.2) is 4.79 Å². The molecule has 0 aliphatic heterocycles. The van der Waals surface area contributed by atoms with Gasteiger partial charge in [-0.3, -0.25) is 10.2 Å². The average molecular weight is 465 g/mol. The van der Waals surface area contributed by atoms with Crippen LogP contribution in [-0.2, 0) is 4.79 Å². The molecular formula is C26H25ClN2O4. The number of carboxylic acid groups (broad SMARTS) is 1. The molecular weight excluding hydrogens is 440 g/mol. The number of carbonyl (C=O) groups excluding carboxylic acids is 2. The predicted molar refractivity (Wildman–Crippen MR) is 126 cm³/mol. The number of halogens is 1. The zero-order chi connectivity index (χ0) is 23.7. The van der Waals surface area contributed by atoms with Crippen molar-refractivity contribution in [2.45, 2.75) is 44.9 Å². The summed E-state index contributed by atoms with van der Waals surface area (Å²) in [6, 6.07) is 10.2. The van der Waals surface area contributed by atoms with Crippen LogP contribution in [0, 0.1) is 18.3 Å². The number of aryl methyl sites for hydroxylation is 1. The molecule has 0 saturated heterocycles. The summed E-state index contributed by atoms with van der Waals surface area (Å²) >= 11 is 6.40. The third-order valence-corrected chi connectivity index (χ3v) is 6.70. The molecule has 0 radical (unpaired) electrons. The Hall–Kier alpha value is -3.25. The smallest absolute Gasteiger partial charge is 0.335 e. The Morgan fingerprint density at radius 1 is 1.18 bits per heavy atom. The molecule has 1 saturated carbocycles. The Balaban J connectivity index is 1.69. The molecule has 1 atom stereocenters. The number of hydrogen-bond donors (Lipinski definition) is 3. The number of carboxylic acids is 1. The number of aldehydes is 1. The third kappa shape index (κ3) is 4.76. The van der Waals surface area contributed by atoms with E-state index in [-0.39, 0.29) is 23.1 Å². The van der Waals surface area contributed by atoms with Gasteiger partial charge in [-0.1, -0.05) is 29.8 Å². The molecule has 1 unspecified atom stereocenters. The molecule has 0 bridgehead atoms. The molecule has 33 heavy (non-hydrogen) atoms. The van der Waals surface area contributed by atoms with Crippen LogP contribution in [-0.4, -0.2) is 29.0 Å². The van der Waals surface area contributed by atoms with Gasteiger partial charge >= 0.3 is 5.97 Å². The number of hydrogen-bond acceptors (Lipinski definition) is 4. The van der Waals surface area contributed by atoms with Crippen molar-refractivity contribution in [1.29, 1.82) is 5.41 Å². The molecule has 0 aromatic heterocycles. The molecule has 0 spiro atoms. The van der Waals surface area contributed by atoms with Gasteiger partial charge in [0.25, 0.3) is 5.91 Å². The lowest BCUT2D eigenvalue weighted by Gasteiger charge is -2.26. The highest BCUT2D eigenvalue weighted by Crippen LogP contribution is 2.43. The van der Waals surface area contributed by atoms with E-state index in [0.29, 0.717) is 58.2 Å². The first-order valence-corrected chi connectivity index (χ1v) is 11.4. The number of allylic oxidation sites excluding steroid dienone is 2. The summed E-state index contributed by atoms with van der Waals surface area (Å²) in [4.78, 5) is 36.1. The summed E-state index contributed by atoms with van der Waals surface area (Å²) in [7, 11) is 0. The van der Waals surface area contributed by atoms with Gasteiger partial charge in [0.05, 0.1) is 21.9 Å². The zero-order valence-electron chi connectivity index (χ0n) is 18.3. The molecule has 1 amide bonds. The van der Waals surface area contributed by atoms with Crippen LogP contribution < -0.4 is 5.32 Å². The van der Waals surface area contributed by atoms with Gasteiger partial charge < -0.3 is 15.2 Å². The van der Waals surface area contributed by atoms with Crippen LogP contribution in [0.1, 0.15) is 75.4 Å².